The van der Waals surface area contributed by atoms with Crippen molar-refractivity contribution in [2.24, 2.45) is 5.73 Å². The van der Waals surface area contributed by atoms with Gasteiger partial charge in [-0.05, 0) is 29.8 Å². The number of benzene rings is 1. The Hall–Kier alpha value is -2.36. The van der Waals surface area contributed by atoms with E-state index in [1.54, 1.807) is 6.20 Å². The summed E-state index contributed by atoms with van der Waals surface area (Å²) in [5.41, 5.74) is 8.19. The van der Waals surface area contributed by atoms with Gasteiger partial charge < -0.3 is 10.6 Å². The Balaban J connectivity index is 2.14. The van der Waals surface area contributed by atoms with Crippen molar-refractivity contribution in [1.82, 2.24) is 4.98 Å². The lowest BCUT2D eigenvalue weighted by atomic mass is 10.2. The number of nitrogen functional groups attached to an aromatic ring is 1. The second-order valence-electron chi connectivity index (χ2n) is 4.15. The van der Waals surface area contributed by atoms with Crippen LogP contribution in [0.15, 0.2) is 48.7 Å². The maximum Gasteiger partial charge on any atom is 0.141 e. The highest BCUT2D eigenvalue weighted by atomic mass is 15.1. The zero-order valence-corrected chi connectivity index (χ0v) is 10.3. The average Bonchev–Trinajstić information content (AvgIpc) is 2.40. The van der Waals surface area contributed by atoms with Crippen molar-refractivity contribution >= 4 is 11.5 Å². The van der Waals surface area contributed by atoms with Crippen LogP contribution in [0.25, 0.3) is 0 Å². The van der Waals surface area contributed by atoms with Gasteiger partial charge in [-0.15, -0.1) is 0 Å². The molecular weight excluding hydrogens is 224 g/mol. The fourth-order valence-corrected chi connectivity index (χ4v) is 1.77. The molecule has 2 aromatic rings. The maximum absolute atomic E-state index is 7.38. The van der Waals surface area contributed by atoms with Crippen LogP contribution in [0.1, 0.15) is 11.3 Å². The smallest absolute Gasteiger partial charge is 0.141 e. The molecule has 0 aliphatic rings. The summed E-state index contributed by atoms with van der Waals surface area (Å²) in [6.45, 7) is 0.757. The van der Waals surface area contributed by atoms with Crippen LogP contribution in [0.2, 0.25) is 0 Å². The number of nitrogens with zero attached hydrogens (tertiary/aromatic N) is 2. The third kappa shape index (κ3) is 2.85. The zero-order valence-electron chi connectivity index (χ0n) is 10.3. The van der Waals surface area contributed by atoms with E-state index in [2.05, 4.69) is 22.0 Å². The molecule has 0 atom stereocenters. The van der Waals surface area contributed by atoms with Crippen molar-refractivity contribution < 1.29 is 0 Å². The molecule has 1 aromatic carbocycles. The molecule has 1 heterocycles. The molecule has 0 saturated carbocycles. The summed E-state index contributed by atoms with van der Waals surface area (Å²) >= 11 is 0. The number of hydrogen-bond donors (Lipinski definition) is 2. The van der Waals surface area contributed by atoms with E-state index in [9.17, 15) is 0 Å². The molecule has 0 spiro atoms. The van der Waals surface area contributed by atoms with Crippen molar-refractivity contribution in [3.8, 4) is 0 Å². The summed E-state index contributed by atoms with van der Waals surface area (Å²) in [6, 6.07) is 13.9. The summed E-state index contributed by atoms with van der Waals surface area (Å²) in [5.74, 6) is -0.000728. The van der Waals surface area contributed by atoms with E-state index in [1.165, 1.54) is 0 Å². The quantitative estimate of drug-likeness (QED) is 0.634. The van der Waals surface area contributed by atoms with E-state index in [0.29, 0.717) is 5.69 Å². The standard InChI is InChI=1S/C14H16N4/c1-18(12-5-3-2-4-6-12)10-11-7-8-17-13(9-11)14(15)16/h2-9H,10H2,1H3,(H3,15,16). The Morgan fingerprint density at radius 3 is 2.67 bits per heavy atom. The van der Waals surface area contributed by atoms with Gasteiger partial charge in [0.25, 0.3) is 0 Å². The lowest BCUT2D eigenvalue weighted by Crippen LogP contribution is -2.18. The van der Waals surface area contributed by atoms with Crippen LogP contribution in [0.4, 0.5) is 5.69 Å². The van der Waals surface area contributed by atoms with Gasteiger partial charge in [0.1, 0.15) is 11.5 Å². The summed E-state index contributed by atoms with van der Waals surface area (Å²) < 4.78 is 0. The SMILES string of the molecule is CN(Cc1ccnc(C(=N)N)c1)c1ccccc1. The number of amidine groups is 1. The van der Waals surface area contributed by atoms with E-state index in [-0.39, 0.29) is 5.84 Å². The normalized spacial score (nSPS) is 10.1. The minimum Gasteiger partial charge on any atom is -0.382 e. The molecule has 0 unspecified atom stereocenters. The Bertz CT molecular complexity index is 537. The second-order valence-corrected chi connectivity index (χ2v) is 4.15. The van der Waals surface area contributed by atoms with Gasteiger partial charge in [-0.1, -0.05) is 18.2 Å². The van der Waals surface area contributed by atoms with Crippen molar-refractivity contribution in [1.29, 1.82) is 5.41 Å². The van der Waals surface area contributed by atoms with E-state index < -0.39 is 0 Å². The third-order valence-electron chi connectivity index (χ3n) is 2.72. The number of nitrogens with one attached hydrogen (secondary N) is 1. The van der Waals surface area contributed by atoms with Gasteiger partial charge in [0.05, 0.1) is 0 Å². The Labute approximate surface area is 107 Å². The fourth-order valence-electron chi connectivity index (χ4n) is 1.77. The highest BCUT2D eigenvalue weighted by Crippen LogP contribution is 2.14. The lowest BCUT2D eigenvalue weighted by Gasteiger charge is -2.19. The van der Waals surface area contributed by atoms with Crippen LogP contribution in [-0.2, 0) is 6.54 Å². The maximum atomic E-state index is 7.38. The number of hydrogen-bond acceptors (Lipinski definition) is 3. The Morgan fingerprint density at radius 1 is 1.28 bits per heavy atom. The molecular formula is C14H16N4. The first kappa shape index (κ1) is 12.1. The molecule has 0 bridgehead atoms. The van der Waals surface area contributed by atoms with Crippen LogP contribution in [0, 0.1) is 5.41 Å². The topological polar surface area (TPSA) is 66.0 Å². The van der Waals surface area contributed by atoms with Crippen LogP contribution < -0.4 is 10.6 Å². The van der Waals surface area contributed by atoms with Gasteiger partial charge in [-0.3, -0.25) is 10.4 Å². The molecule has 0 saturated heterocycles. The van der Waals surface area contributed by atoms with Gasteiger partial charge in [0.15, 0.2) is 0 Å². The van der Waals surface area contributed by atoms with Crippen LogP contribution >= 0.6 is 0 Å². The van der Waals surface area contributed by atoms with Crippen molar-refractivity contribution in [3.05, 3.63) is 59.9 Å². The predicted octanol–water partition coefficient (Wildman–Crippen LogP) is 2.00. The molecule has 0 radical (unpaired) electrons. The monoisotopic (exact) mass is 240 g/mol. The predicted molar refractivity (Wildman–Crippen MR) is 73.8 cm³/mol. The number of rotatable bonds is 4. The van der Waals surface area contributed by atoms with Crippen molar-refractivity contribution in [2.75, 3.05) is 11.9 Å². The minimum atomic E-state index is -0.000728. The molecule has 92 valence electrons. The van der Waals surface area contributed by atoms with Gasteiger partial charge in [-0.25, -0.2) is 0 Å². The van der Waals surface area contributed by atoms with Crippen molar-refractivity contribution in [2.45, 2.75) is 6.54 Å². The van der Waals surface area contributed by atoms with E-state index in [1.807, 2.05) is 37.4 Å². The molecule has 0 amide bonds. The number of aromatic nitrogens is 1. The largest absolute Gasteiger partial charge is 0.382 e. The molecule has 0 fully saturated rings. The van der Waals surface area contributed by atoms with E-state index in [0.717, 1.165) is 17.8 Å². The molecule has 0 aliphatic heterocycles. The van der Waals surface area contributed by atoms with Crippen LogP contribution in [0.5, 0.6) is 0 Å². The van der Waals surface area contributed by atoms with Crippen LogP contribution in [0.3, 0.4) is 0 Å². The van der Waals surface area contributed by atoms with Gasteiger partial charge in [0.2, 0.25) is 0 Å². The molecule has 2 rings (SSSR count). The highest BCUT2D eigenvalue weighted by molar-refractivity contribution is 5.93. The third-order valence-corrected chi connectivity index (χ3v) is 2.72. The van der Waals surface area contributed by atoms with Crippen molar-refractivity contribution in [3.63, 3.8) is 0 Å². The fraction of sp³-hybridized carbons (Fsp3) is 0.143. The molecule has 4 heteroatoms. The Morgan fingerprint density at radius 2 is 2.00 bits per heavy atom. The highest BCUT2D eigenvalue weighted by Gasteiger charge is 2.04. The van der Waals surface area contributed by atoms with Gasteiger partial charge >= 0.3 is 0 Å². The minimum absolute atomic E-state index is 0.000728. The van der Waals surface area contributed by atoms with Crippen LogP contribution in [-0.4, -0.2) is 17.9 Å². The number of nitrogens with two attached hydrogens (primary N) is 1. The van der Waals surface area contributed by atoms with E-state index in [4.69, 9.17) is 11.1 Å². The van der Waals surface area contributed by atoms with Gasteiger partial charge in [0, 0.05) is 25.5 Å². The summed E-state index contributed by atoms with van der Waals surface area (Å²) in [7, 11) is 2.03. The van der Waals surface area contributed by atoms with Gasteiger partial charge in [-0.2, -0.15) is 0 Å². The first-order chi connectivity index (χ1) is 8.66. The zero-order chi connectivity index (χ0) is 13.0. The summed E-state index contributed by atoms with van der Waals surface area (Å²) in [4.78, 5) is 6.19. The number of pyridine rings is 1. The number of para-hydroxylation sites is 1. The molecule has 3 N–H and O–H groups in total. The summed E-state index contributed by atoms with van der Waals surface area (Å²) in [5, 5.41) is 7.38. The first-order valence-electron chi connectivity index (χ1n) is 5.72. The Kier molecular flexibility index (Phi) is 3.57. The molecule has 4 nitrogen and oxygen atoms in total. The average molecular weight is 240 g/mol. The first-order valence-corrected chi connectivity index (χ1v) is 5.72. The lowest BCUT2D eigenvalue weighted by molar-refractivity contribution is 0.918. The summed E-state index contributed by atoms with van der Waals surface area (Å²) in [6.07, 6.45) is 1.69. The molecule has 0 aliphatic carbocycles. The van der Waals surface area contributed by atoms with E-state index >= 15 is 0 Å². The molecule has 18 heavy (non-hydrogen) atoms. The molecule has 1 aromatic heterocycles. The second kappa shape index (κ2) is 5.31. The number of anilines is 1.